The lowest BCUT2D eigenvalue weighted by Crippen LogP contribution is -2.30. The Morgan fingerprint density at radius 3 is 1.71 bits per heavy atom. The van der Waals surface area contributed by atoms with E-state index in [0.29, 0.717) is 0 Å². The van der Waals surface area contributed by atoms with Crippen molar-refractivity contribution in [1.29, 1.82) is 0 Å². The minimum atomic E-state index is -0.575. The maximum atomic E-state index is 4.83. The summed E-state index contributed by atoms with van der Waals surface area (Å²) in [5.41, 5.74) is 19.4. The third-order valence-corrected chi connectivity index (χ3v) is 13.2. The molecule has 1 atom stereocenters. The van der Waals surface area contributed by atoms with Gasteiger partial charge >= 0.3 is 0 Å². The van der Waals surface area contributed by atoms with E-state index in [9.17, 15) is 0 Å². The zero-order valence-corrected chi connectivity index (χ0v) is 39.4. The van der Waals surface area contributed by atoms with Gasteiger partial charge in [-0.25, -0.2) is 0 Å². The molecule has 2 nitrogen and oxygen atoms in total. The molecule has 0 fully saturated rings. The summed E-state index contributed by atoms with van der Waals surface area (Å²) in [6.07, 6.45) is 9.93. The summed E-state index contributed by atoms with van der Waals surface area (Å²) in [5.74, 6) is 0. The fourth-order valence-corrected chi connectivity index (χ4v) is 10.4. The summed E-state index contributed by atoms with van der Waals surface area (Å²) in [6.45, 7) is 13.1. The number of rotatable bonds is 6. The third kappa shape index (κ3) is 7.39. The lowest BCUT2D eigenvalue weighted by Gasteiger charge is -2.36. The van der Waals surface area contributed by atoms with Crippen LogP contribution in [-0.2, 0) is 5.41 Å². The molecule has 12 rings (SSSR count). The SMILES string of the molecule is C=C1/C=C\C=C/c2ccccc2C12c1ccccc1-c1c(N(c3ccc(-c4ccccc4)cc3)c3ccc(-c4ccc5c(c4)c4ccccc4n5-c4ccccc4)cc3)cccc12.CC.CCC. The Morgan fingerprint density at radius 1 is 0.456 bits per heavy atom. The molecule has 0 radical (unpaired) electrons. The van der Waals surface area contributed by atoms with Crippen LogP contribution in [0.1, 0.15) is 56.4 Å². The van der Waals surface area contributed by atoms with Crippen molar-refractivity contribution in [2.75, 3.05) is 4.90 Å². The summed E-state index contributed by atoms with van der Waals surface area (Å²) in [4.78, 5) is 2.44. The van der Waals surface area contributed by atoms with Crippen LogP contribution in [0, 0.1) is 0 Å². The Balaban J connectivity index is 0.00000104. The number of allylic oxidation sites excluding steroid dienone is 4. The fraction of sp³-hybridized carbons (Fsp3) is 0.0909. The highest BCUT2D eigenvalue weighted by atomic mass is 15.1. The van der Waals surface area contributed by atoms with Crippen LogP contribution in [0.25, 0.3) is 66.9 Å². The lowest BCUT2D eigenvalue weighted by molar-refractivity contribution is 0.767. The van der Waals surface area contributed by atoms with E-state index >= 15 is 0 Å². The standard InChI is InChI=1S/C61H42N2.C3H8.C2H6/c1-42-17-8-9-20-46-21-10-13-26-54(46)61(42)55-27-14-11-25-52(55)60-56(61)28-16-30-59(60)62(49-36-31-44(32-37-49)43-18-4-2-5-19-43)50-38-33-45(34-39-50)47-35-40-58-53(41-47)51-24-12-15-29-57(51)63(58)48-22-6-3-7-23-48;1-3-2;1-2/h2-41H,1H2;3H2,1-2H3;1-2H3/b17-8-,20-9-;;. The average molecular weight is 877 g/mol. The summed E-state index contributed by atoms with van der Waals surface area (Å²) in [7, 11) is 0. The maximum absolute atomic E-state index is 4.83. The quantitative estimate of drug-likeness (QED) is 0.162. The molecule has 1 heterocycles. The molecule has 1 spiro atoms. The van der Waals surface area contributed by atoms with Crippen molar-refractivity contribution in [3.05, 3.63) is 271 Å². The molecule has 2 aliphatic rings. The minimum Gasteiger partial charge on any atom is -0.310 e. The van der Waals surface area contributed by atoms with Crippen LogP contribution in [0.3, 0.4) is 0 Å². The van der Waals surface area contributed by atoms with Crippen LogP contribution in [0.5, 0.6) is 0 Å². The van der Waals surface area contributed by atoms with Crippen LogP contribution >= 0.6 is 0 Å². The van der Waals surface area contributed by atoms with Crippen molar-refractivity contribution in [3.63, 3.8) is 0 Å². The first-order valence-corrected chi connectivity index (χ1v) is 24.1. The third-order valence-electron chi connectivity index (χ3n) is 13.2. The van der Waals surface area contributed by atoms with Gasteiger partial charge in [-0.05, 0) is 116 Å². The normalized spacial score (nSPS) is 15.1. The van der Waals surface area contributed by atoms with E-state index in [0.717, 1.165) is 28.3 Å². The number of fused-ring (bicyclic) bond motifs is 10. The number of hydrogen-bond acceptors (Lipinski definition) is 1. The molecule has 9 aromatic carbocycles. The number of para-hydroxylation sites is 2. The van der Waals surface area contributed by atoms with Gasteiger partial charge in [0, 0.05) is 33.4 Å². The Labute approximate surface area is 402 Å². The summed E-state index contributed by atoms with van der Waals surface area (Å²) in [5, 5.41) is 2.49. The number of hydrogen-bond donors (Lipinski definition) is 0. The van der Waals surface area contributed by atoms with Crippen molar-refractivity contribution in [3.8, 4) is 39.1 Å². The van der Waals surface area contributed by atoms with E-state index in [1.807, 2.05) is 13.8 Å². The van der Waals surface area contributed by atoms with Crippen molar-refractivity contribution in [2.24, 2.45) is 0 Å². The van der Waals surface area contributed by atoms with Gasteiger partial charge in [-0.1, -0.05) is 223 Å². The number of nitrogens with zero attached hydrogens (tertiary/aromatic N) is 2. The molecule has 0 bridgehead atoms. The van der Waals surface area contributed by atoms with Gasteiger partial charge in [-0.15, -0.1) is 0 Å². The van der Waals surface area contributed by atoms with Gasteiger partial charge in [0.15, 0.2) is 0 Å². The first-order valence-electron chi connectivity index (χ1n) is 24.1. The predicted molar refractivity (Wildman–Crippen MR) is 293 cm³/mol. The van der Waals surface area contributed by atoms with Gasteiger partial charge in [0.1, 0.15) is 0 Å². The summed E-state index contributed by atoms with van der Waals surface area (Å²) < 4.78 is 2.37. The first kappa shape index (κ1) is 43.7. The first-order chi connectivity index (χ1) is 33.6. The number of benzene rings is 9. The monoisotopic (exact) mass is 876 g/mol. The largest absolute Gasteiger partial charge is 0.310 e. The molecular formula is C66H56N2. The van der Waals surface area contributed by atoms with Gasteiger partial charge in [0.25, 0.3) is 0 Å². The highest BCUT2D eigenvalue weighted by molar-refractivity contribution is 6.10. The Bertz CT molecular complexity index is 3460. The molecule has 0 saturated heterocycles. The molecule has 0 aliphatic heterocycles. The van der Waals surface area contributed by atoms with Gasteiger partial charge < -0.3 is 9.47 Å². The van der Waals surface area contributed by atoms with Crippen LogP contribution in [0.4, 0.5) is 17.1 Å². The second-order valence-corrected chi connectivity index (χ2v) is 17.2. The van der Waals surface area contributed by atoms with Crippen molar-refractivity contribution in [2.45, 2.75) is 39.5 Å². The van der Waals surface area contributed by atoms with Crippen LogP contribution < -0.4 is 4.90 Å². The maximum Gasteiger partial charge on any atom is 0.0714 e. The van der Waals surface area contributed by atoms with Gasteiger partial charge in [-0.3, -0.25) is 0 Å². The molecule has 1 aromatic heterocycles. The number of aromatic nitrogens is 1. The van der Waals surface area contributed by atoms with Gasteiger partial charge in [0.2, 0.25) is 0 Å². The topological polar surface area (TPSA) is 8.17 Å². The van der Waals surface area contributed by atoms with E-state index in [1.165, 1.54) is 83.9 Å². The van der Waals surface area contributed by atoms with Crippen molar-refractivity contribution >= 4 is 44.9 Å². The lowest BCUT2D eigenvalue weighted by atomic mass is 9.66. The minimum absolute atomic E-state index is 0.575. The Morgan fingerprint density at radius 2 is 0.985 bits per heavy atom. The van der Waals surface area contributed by atoms with E-state index in [1.54, 1.807) is 0 Å². The highest BCUT2D eigenvalue weighted by Gasteiger charge is 2.48. The van der Waals surface area contributed by atoms with E-state index in [-0.39, 0.29) is 0 Å². The van der Waals surface area contributed by atoms with Crippen LogP contribution in [0.15, 0.2) is 249 Å². The molecule has 1 unspecified atom stereocenters. The zero-order valence-electron chi connectivity index (χ0n) is 39.4. The fourth-order valence-electron chi connectivity index (χ4n) is 10.4. The molecule has 0 saturated carbocycles. The van der Waals surface area contributed by atoms with Crippen molar-refractivity contribution in [1.82, 2.24) is 4.57 Å². The highest BCUT2D eigenvalue weighted by Crippen LogP contribution is 2.60. The summed E-state index contributed by atoms with van der Waals surface area (Å²) in [6, 6.07) is 79.7. The van der Waals surface area contributed by atoms with E-state index < -0.39 is 5.41 Å². The van der Waals surface area contributed by atoms with Crippen LogP contribution in [0.2, 0.25) is 0 Å². The average Bonchev–Trinajstić information content (AvgIpc) is 3.90. The molecule has 2 heteroatoms. The molecule has 2 aliphatic carbocycles. The van der Waals surface area contributed by atoms with Crippen LogP contribution in [-0.4, -0.2) is 4.57 Å². The smallest absolute Gasteiger partial charge is 0.0714 e. The molecule has 10 aromatic rings. The zero-order chi connectivity index (χ0) is 46.6. The van der Waals surface area contributed by atoms with Gasteiger partial charge in [0.05, 0.1) is 22.1 Å². The molecule has 0 amide bonds. The summed E-state index contributed by atoms with van der Waals surface area (Å²) >= 11 is 0. The van der Waals surface area contributed by atoms with E-state index in [4.69, 9.17) is 6.58 Å². The molecule has 330 valence electrons. The number of anilines is 3. The van der Waals surface area contributed by atoms with Gasteiger partial charge in [-0.2, -0.15) is 0 Å². The second-order valence-electron chi connectivity index (χ2n) is 17.2. The molecule has 68 heavy (non-hydrogen) atoms. The Kier molecular flexibility index (Phi) is 12.2. The Hall–Kier alpha value is -8.20. The second kappa shape index (κ2) is 19.0. The molecular weight excluding hydrogens is 821 g/mol. The molecule has 0 N–H and O–H groups in total. The van der Waals surface area contributed by atoms with Crippen molar-refractivity contribution < 1.29 is 0 Å². The predicted octanol–water partition coefficient (Wildman–Crippen LogP) is 18.5. The van der Waals surface area contributed by atoms with E-state index in [2.05, 4.69) is 266 Å².